The third-order valence-corrected chi connectivity index (χ3v) is 5.88. The third kappa shape index (κ3) is 3.65. The summed E-state index contributed by atoms with van der Waals surface area (Å²) in [5.41, 5.74) is 3.97. The molecule has 0 amide bonds. The molecule has 1 heterocycles. The Morgan fingerprint density at radius 1 is 0.793 bits per heavy atom. The molecular formula is C26H27NO2. The Bertz CT molecular complexity index is 842. The number of hydrogen-bond donors (Lipinski definition) is 2. The summed E-state index contributed by atoms with van der Waals surface area (Å²) in [5.74, 6) is 0. The highest BCUT2D eigenvalue weighted by Gasteiger charge is 2.43. The zero-order valence-corrected chi connectivity index (χ0v) is 16.5. The van der Waals surface area contributed by atoms with Crippen molar-refractivity contribution in [3.63, 3.8) is 0 Å². The van der Waals surface area contributed by atoms with Crippen molar-refractivity contribution in [1.29, 1.82) is 0 Å². The van der Waals surface area contributed by atoms with Crippen molar-refractivity contribution >= 4 is 0 Å². The van der Waals surface area contributed by atoms with Crippen LogP contribution < -0.4 is 0 Å². The van der Waals surface area contributed by atoms with Crippen molar-refractivity contribution in [1.82, 2.24) is 4.90 Å². The lowest BCUT2D eigenvalue weighted by atomic mass is 9.74. The molecule has 0 spiro atoms. The van der Waals surface area contributed by atoms with Crippen LogP contribution in [0.5, 0.6) is 0 Å². The molecule has 0 aromatic heterocycles. The highest BCUT2D eigenvalue weighted by molar-refractivity contribution is 5.50. The van der Waals surface area contributed by atoms with E-state index in [2.05, 4.69) is 77.7 Å². The molecule has 1 aliphatic rings. The molecule has 4 rings (SSSR count). The van der Waals surface area contributed by atoms with Gasteiger partial charge >= 0.3 is 0 Å². The van der Waals surface area contributed by atoms with Gasteiger partial charge < -0.3 is 10.2 Å². The molecule has 0 radical (unpaired) electrons. The first-order valence-corrected chi connectivity index (χ1v) is 10.2. The molecule has 0 bridgehead atoms. The van der Waals surface area contributed by atoms with Gasteiger partial charge in [-0.05, 0) is 28.7 Å². The summed E-state index contributed by atoms with van der Waals surface area (Å²) in [6.07, 6.45) is 1.89. The highest BCUT2D eigenvalue weighted by Crippen LogP contribution is 2.44. The zero-order valence-electron chi connectivity index (χ0n) is 16.5. The SMILES string of the molecule is OC/C=C1\CN(C(c2ccccc2)(c2ccccc2)c2ccccc2)CCC1O. The summed E-state index contributed by atoms with van der Waals surface area (Å²) < 4.78 is 0. The van der Waals surface area contributed by atoms with Crippen LogP contribution >= 0.6 is 0 Å². The molecule has 148 valence electrons. The maximum Gasteiger partial charge on any atom is 0.0975 e. The van der Waals surface area contributed by atoms with Gasteiger partial charge in [0.25, 0.3) is 0 Å². The van der Waals surface area contributed by atoms with Crippen molar-refractivity contribution in [2.24, 2.45) is 0 Å². The molecule has 1 aliphatic heterocycles. The maximum absolute atomic E-state index is 10.5. The largest absolute Gasteiger partial charge is 0.392 e. The lowest BCUT2D eigenvalue weighted by Crippen LogP contribution is -2.53. The van der Waals surface area contributed by atoms with Gasteiger partial charge in [0.05, 0.1) is 18.2 Å². The molecule has 0 saturated carbocycles. The molecule has 1 unspecified atom stereocenters. The minimum Gasteiger partial charge on any atom is -0.392 e. The van der Waals surface area contributed by atoms with Crippen molar-refractivity contribution in [3.05, 3.63) is 119 Å². The van der Waals surface area contributed by atoms with Crippen LogP contribution in [-0.2, 0) is 5.54 Å². The fourth-order valence-electron chi connectivity index (χ4n) is 4.56. The van der Waals surface area contributed by atoms with Crippen molar-refractivity contribution < 1.29 is 10.2 Å². The third-order valence-electron chi connectivity index (χ3n) is 5.88. The molecule has 1 saturated heterocycles. The molecule has 0 aliphatic carbocycles. The smallest absolute Gasteiger partial charge is 0.0975 e. The number of nitrogens with zero attached hydrogens (tertiary/aromatic N) is 1. The Balaban J connectivity index is 1.97. The van der Waals surface area contributed by atoms with E-state index in [1.165, 1.54) is 16.7 Å². The zero-order chi connectivity index (χ0) is 20.1. The van der Waals surface area contributed by atoms with Gasteiger partial charge in [-0.15, -0.1) is 0 Å². The topological polar surface area (TPSA) is 43.7 Å². The highest BCUT2D eigenvalue weighted by atomic mass is 16.3. The van der Waals surface area contributed by atoms with Crippen LogP contribution in [0, 0.1) is 0 Å². The summed E-state index contributed by atoms with van der Waals surface area (Å²) in [4.78, 5) is 2.43. The quantitative estimate of drug-likeness (QED) is 0.516. The minimum atomic E-state index is -0.501. The normalized spacial score (nSPS) is 19.4. The van der Waals surface area contributed by atoms with Crippen LogP contribution in [0.3, 0.4) is 0 Å². The van der Waals surface area contributed by atoms with Gasteiger partial charge in [-0.3, -0.25) is 4.90 Å². The van der Waals surface area contributed by atoms with Crippen LogP contribution in [0.2, 0.25) is 0 Å². The standard InChI is InChI=1S/C26H27NO2/c28-19-17-21-20-27(18-16-25(21)29)26(22-10-4-1-5-11-22,23-12-6-2-7-13-23)24-14-8-3-9-15-24/h1-15,17,25,28-29H,16,18-20H2/b21-17+. The molecule has 3 heteroatoms. The number of hydrogen-bond acceptors (Lipinski definition) is 3. The monoisotopic (exact) mass is 385 g/mol. The molecular weight excluding hydrogens is 358 g/mol. The lowest BCUT2D eigenvalue weighted by Gasteiger charge is -2.48. The predicted octanol–water partition coefficient (Wildman–Crippen LogP) is 3.96. The number of benzene rings is 3. The van der Waals surface area contributed by atoms with Gasteiger partial charge in [-0.1, -0.05) is 97.1 Å². The van der Waals surface area contributed by atoms with E-state index in [-0.39, 0.29) is 6.61 Å². The van der Waals surface area contributed by atoms with Gasteiger partial charge in [0, 0.05) is 13.1 Å². The lowest BCUT2D eigenvalue weighted by molar-refractivity contribution is 0.0852. The van der Waals surface area contributed by atoms with E-state index in [9.17, 15) is 10.2 Å². The molecule has 1 fully saturated rings. The second-order valence-electron chi connectivity index (χ2n) is 7.50. The first-order valence-electron chi connectivity index (χ1n) is 10.2. The summed E-state index contributed by atoms with van der Waals surface area (Å²) >= 11 is 0. The van der Waals surface area contributed by atoms with Crippen LogP contribution in [0.25, 0.3) is 0 Å². The first-order chi connectivity index (χ1) is 14.3. The average Bonchev–Trinajstić information content (AvgIpc) is 2.79. The number of aliphatic hydroxyl groups is 2. The Morgan fingerprint density at radius 2 is 1.24 bits per heavy atom. The van der Waals surface area contributed by atoms with Gasteiger partial charge in [-0.25, -0.2) is 0 Å². The summed E-state index contributed by atoms with van der Waals surface area (Å²) in [5, 5.41) is 20.0. The Labute approximate surface area is 172 Å². The summed E-state index contributed by atoms with van der Waals surface area (Å²) in [6.45, 7) is 1.29. The van der Waals surface area contributed by atoms with Crippen LogP contribution in [0.15, 0.2) is 103 Å². The van der Waals surface area contributed by atoms with E-state index < -0.39 is 11.6 Å². The van der Waals surface area contributed by atoms with E-state index in [1.54, 1.807) is 6.08 Å². The van der Waals surface area contributed by atoms with Crippen molar-refractivity contribution in [2.75, 3.05) is 19.7 Å². The van der Waals surface area contributed by atoms with E-state index in [1.807, 2.05) is 18.2 Å². The minimum absolute atomic E-state index is 0.0603. The number of aliphatic hydroxyl groups excluding tert-OH is 2. The molecule has 3 nitrogen and oxygen atoms in total. The van der Waals surface area contributed by atoms with Gasteiger partial charge in [0.15, 0.2) is 0 Å². The maximum atomic E-state index is 10.5. The van der Waals surface area contributed by atoms with E-state index in [0.29, 0.717) is 13.0 Å². The molecule has 2 N–H and O–H groups in total. The summed E-state index contributed by atoms with van der Waals surface area (Å²) in [7, 11) is 0. The van der Waals surface area contributed by atoms with Crippen LogP contribution in [-0.4, -0.2) is 40.9 Å². The summed E-state index contributed by atoms with van der Waals surface area (Å²) in [6, 6.07) is 31.7. The second kappa shape index (κ2) is 8.75. The number of likely N-dealkylation sites (tertiary alicyclic amines) is 1. The Kier molecular flexibility index (Phi) is 5.91. The van der Waals surface area contributed by atoms with Gasteiger partial charge in [0.1, 0.15) is 0 Å². The molecule has 29 heavy (non-hydrogen) atoms. The fourth-order valence-corrected chi connectivity index (χ4v) is 4.56. The average molecular weight is 386 g/mol. The second-order valence-corrected chi connectivity index (χ2v) is 7.50. The molecule has 1 atom stereocenters. The van der Waals surface area contributed by atoms with Crippen molar-refractivity contribution in [2.45, 2.75) is 18.1 Å². The molecule has 3 aromatic carbocycles. The molecule has 3 aromatic rings. The van der Waals surface area contributed by atoms with Gasteiger partial charge in [0.2, 0.25) is 0 Å². The van der Waals surface area contributed by atoms with Crippen molar-refractivity contribution in [3.8, 4) is 0 Å². The van der Waals surface area contributed by atoms with Crippen LogP contribution in [0.4, 0.5) is 0 Å². The van der Waals surface area contributed by atoms with Crippen LogP contribution in [0.1, 0.15) is 23.1 Å². The Hall–Kier alpha value is -2.72. The fraction of sp³-hybridized carbons (Fsp3) is 0.231. The first kappa shape index (κ1) is 19.6. The van der Waals surface area contributed by atoms with E-state index in [4.69, 9.17) is 0 Å². The predicted molar refractivity (Wildman–Crippen MR) is 117 cm³/mol. The number of piperidine rings is 1. The van der Waals surface area contributed by atoms with E-state index >= 15 is 0 Å². The van der Waals surface area contributed by atoms with Gasteiger partial charge in [-0.2, -0.15) is 0 Å². The Morgan fingerprint density at radius 3 is 1.66 bits per heavy atom. The number of rotatable bonds is 5. The van der Waals surface area contributed by atoms with E-state index in [0.717, 1.165) is 12.1 Å².